The summed E-state index contributed by atoms with van der Waals surface area (Å²) in [6, 6.07) is 3.73. The Bertz CT molecular complexity index is 951. The Balaban J connectivity index is 1.59. The van der Waals surface area contributed by atoms with E-state index in [1.54, 1.807) is 6.20 Å². The molecule has 1 atom stereocenters. The fourth-order valence-corrected chi connectivity index (χ4v) is 4.00. The molecule has 3 heterocycles. The van der Waals surface area contributed by atoms with Crippen LogP contribution in [0.2, 0.25) is 0 Å². The van der Waals surface area contributed by atoms with Gasteiger partial charge in [0.2, 0.25) is 5.91 Å². The molecule has 2 aromatic heterocycles. The van der Waals surface area contributed by atoms with Gasteiger partial charge in [-0.25, -0.2) is 9.97 Å². The molecule has 0 saturated carbocycles. The number of carbonyl (C=O) groups is 1. The first-order valence-electron chi connectivity index (χ1n) is 10.9. The molecule has 8 heteroatoms. The number of anilines is 1. The first kappa shape index (κ1) is 21.5. The first-order chi connectivity index (χ1) is 14.8. The van der Waals surface area contributed by atoms with Crippen molar-refractivity contribution in [3.63, 3.8) is 0 Å². The Morgan fingerprint density at radius 2 is 2.16 bits per heavy atom. The third-order valence-electron chi connectivity index (χ3n) is 5.32. The summed E-state index contributed by atoms with van der Waals surface area (Å²) in [6.45, 7) is 7.50. The number of nitrogens with zero attached hydrogens (tertiary/aromatic N) is 4. The van der Waals surface area contributed by atoms with E-state index in [1.165, 1.54) is 0 Å². The van der Waals surface area contributed by atoms with E-state index < -0.39 is 0 Å². The predicted octanol–water partition coefficient (Wildman–Crippen LogP) is 2.55. The molecule has 4 rings (SSSR count). The molecule has 1 aliphatic heterocycles. The van der Waals surface area contributed by atoms with Crippen molar-refractivity contribution in [2.24, 2.45) is 0 Å². The largest absolute Gasteiger partial charge is 0.488 e. The van der Waals surface area contributed by atoms with Crippen LogP contribution in [0.1, 0.15) is 44.9 Å². The van der Waals surface area contributed by atoms with Gasteiger partial charge in [-0.2, -0.15) is 0 Å². The van der Waals surface area contributed by atoms with E-state index in [-0.39, 0.29) is 24.1 Å². The maximum atomic E-state index is 12.5. The van der Waals surface area contributed by atoms with E-state index in [0.29, 0.717) is 18.1 Å². The molecule has 1 fully saturated rings. The van der Waals surface area contributed by atoms with Crippen molar-refractivity contribution < 1.29 is 14.3 Å². The number of pyridine rings is 1. The maximum absolute atomic E-state index is 12.5. The molecular formula is C23H31N5O3. The first-order valence-corrected chi connectivity index (χ1v) is 10.9. The lowest BCUT2D eigenvalue weighted by atomic mass is 10.1. The van der Waals surface area contributed by atoms with Gasteiger partial charge in [0, 0.05) is 42.5 Å². The average molecular weight is 426 g/mol. The van der Waals surface area contributed by atoms with Crippen molar-refractivity contribution in [2.75, 3.05) is 31.7 Å². The molecule has 1 N–H and O–H groups in total. The van der Waals surface area contributed by atoms with Crippen LogP contribution in [0.15, 0.2) is 18.3 Å². The number of hydrogen-bond donors (Lipinski definition) is 1. The van der Waals surface area contributed by atoms with Crippen molar-refractivity contribution in [1.29, 1.82) is 0 Å². The number of amides is 1. The molecule has 0 spiro atoms. The minimum absolute atomic E-state index is 0.0331. The number of ether oxygens (including phenoxy) is 2. The molecule has 1 saturated heterocycles. The van der Waals surface area contributed by atoms with Crippen molar-refractivity contribution in [1.82, 2.24) is 20.3 Å². The minimum Gasteiger partial charge on any atom is -0.488 e. The van der Waals surface area contributed by atoms with Crippen molar-refractivity contribution >= 4 is 11.7 Å². The van der Waals surface area contributed by atoms with Gasteiger partial charge in [-0.3, -0.25) is 9.78 Å². The van der Waals surface area contributed by atoms with Gasteiger partial charge >= 0.3 is 0 Å². The van der Waals surface area contributed by atoms with Crippen LogP contribution in [-0.4, -0.2) is 59.3 Å². The lowest BCUT2D eigenvalue weighted by Gasteiger charge is -2.25. The van der Waals surface area contributed by atoms with Gasteiger partial charge in [0.1, 0.15) is 23.4 Å². The summed E-state index contributed by atoms with van der Waals surface area (Å²) in [5.41, 5.74) is 2.57. The number of aryl methyl sites for hydroxylation is 1. The highest BCUT2D eigenvalue weighted by molar-refractivity contribution is 5.82. The number of nitrogens with one attached hydrogen (secondary N) is 1. The molecule has 0 bridgehead atoms. The predicted molar refractivity (Wildman–Crippen MR) is 118 cm³/mol. The van der Waals surface area contributed by atoms with E-state index in [4.69, 9.17) is 19.4 Å². The normalized spacial score (nSPS) is 18.0. The molecule has 2 aromatic rings. The van der Waals surface area contributed by atoms with Gasteiger partial charge in [0.15, 0.2) is 5.82 Å². The summed E-state index contributed by atoms with van der Waals surface area (Å²) in [6.07, 6.45) is 5.56. The fraction of sp³-hybridized carbons (Fsp3) is 0.565. The van der Waals surface area contributed by atoms with Crippen LogP contribution in [0.5, 0.6) is 5.75 Å². The number of carbonyl (C=O) groups excluding carboxylic acids is 1. The zero-order valence-corrected chi connectivity index (χ0v) is 18.8. The number of fused-ring (bicyclic) bond motifs is 1. The Morgan fingerprint density at radius 1 is 1.32 bits per heavy atom. The lowest BCUT2D eigenvalue weighted by Crippen LogP contribution is -2.45. The Morgan fingerprint density at radius 3 is 2.90 bits per heavy atom. The van der Waals surface area contributed by atoms with Gasteiger partial charge in [-0.05, 0) is 46.1 Å². The van der Waals surface area contributed by atoms with Gasteiger partial charge in [0.25, 0.3) is 0 Å². The van der Waals surface area contributed by atoms with Gasteiger partial charge in [-0.15, -0.1) is 0 Å². The second-order valence-electron chi connectivity index (χ2n) is 9.28. The molecule has 31 heavy (non-hydrogen) atoms. The van der Waals surface area contributed by atoms with E-state index in [0.717, 1.165) is 55.1 Å². The third kappa shape index (κ3) is 5.31. The molecule has 0 aromatic carbocycles. The van der Waals surface area contributed by atoms with Crippen LogP contribution < -0.4 is 15.0 Å². The Kier molecular flexibility index (Phi) is 6.09. The highest BCUT2D eigenvalue weighted by Gasteiger charge is 2.25. The molecular weight excluding hydrogens is 394 g/mol. The fourth-order valence-electron chi connectivity index (χ4n) is 4.00. The molecule has 1 amide bonds. The van der Waals surface area contributed by atoms with Crippen molar-refractivity contribution in [2.45, 2.75) is 58.1 Å². The van der Waals surface area contributed by atoms with Crippen LogP contribution in [-0.2, 0) is 22.4 Å². The number of hydrogen-bond acceptors (Lipinski definition) is 7. The van der Waals surface area contributed by atoms with E-state index in [9.17, 15) is 4.79 Å². The van der Waals surface area contributed by atoms with Crippen LogP contribution in [0.25, 0.3) is 11.5 Å². The standard InChI is InChI=1S/C23H31N5O3/c1-23(2,3)27-20(29)13-28(4)22-17-6-5-7-18(17)25-21(26-22)19-12-15(8-10-24-19)31-16-9-11-30-14-16/h8,10,12,16H,5-7,9,11,13-14H2,1-4H3,(H,27,29)/t16-/m0/s1. The third-order valence-corrected chi connectivity index (χ3v) is 5.32. The Labute approximate surface area is 183 Å². The quantitative estimate of drug-likeness (QED) is 0.761. The highest BCUT2D eigenvalue weighted by atomic mass is 16.5. The lowest BCUT2D eigenvalue weighted by molar-refractivity contribution is -0.121. The highest BCUT2D eigenvalue weighted by Crippen LogP contribution is 2.31. The van der Waals surface area contributed by atoms with E-state index in [1.807, 2.05) is 44.9 Å². The van der Waals surface area contributed by atoms with E-state index >= 15 is 0 Å². The monoisotopic (exact) mass is 425 g/mol. The van der Waals surface area contributed by atoms with Crippen molar-refractivity contribution in [3.8, 4) is 17.3 Å². The molecule has 1 aliphatic carbocycles. The number of rotatable bonds is 6. The summed E-state index contributed by atoms with van der Waals surface area (Å²) in [7, 11) is 1.90. The van der Waals surface area contributed by atoms with Crippen LogP contribution >= 0.6 is 0 Å². The zero-order chi connectivity index (χ0) is 22.0. The smallest absolute Gasteiger partial charge is 0.239 e. The van der Waals surface area contributed by atoms with Crippen LogP contribution in [0, 0.1) is 0 Å². The van der Waals surface area contributed by atoms with E-state index in [2.05, 4.69) is 10.3 Å². The summed E-state index contributed by atoms with van der Waals surface area (Å²) in [4.78, 5) is 28.5. The topological polar surface area (TPSA) is 89.5 Å². The SMILES string of the molecule is CN(CC(=O)NC(C)(C)C)c1nc(-c2cc(O[C@H]3CCOC3)ccn2)nc2c1CCC2. The molecule has 0 radical (unpaired) electrons. The van der Waals surface area contributed by atoms with Gasteiger partial charge < -0.3 is 19.7 Å². The van der Waals surface area contributed by atoms with Crippen molar-refractivity contribution in [3.05, 3.63) is 29.6 Å². The molecule has 0 unspecified atom stereocenters. The minimum atomic E-state index is -0.272. The molecule has 166 valence electrons. The summed E-state index contributed by atoms with van der Waals surface area (Å²) in [5.74, 6) is 2.07. The number of aromatic nitrogens is 3. The second-order valence-corrected chi connectivity index (χ2v) is 9.28. The zero-order valence-electron chi connectivity index (χ0n) is 18.8. The summed E-state index contributed by atoms with van der Waals surface area (Å²) < 4.78 is 11.4. The average Bonchev–Trinajstić information content (AvgIpc) is 3.37. The maximum Gasteiger partial charge on any atom is 0.239 e. The van der Waals surface area contributed by atoms with Gasteiger partial charge in [0.05, 0.1) is 19.8 Å². The summed E-state index contributed by atoms with van der Waals surface area (Å²) >= 11 is 0. The Hall–Kier alpha value is -2.74. The van der Waals surface area contributed by atoms with Crippen LogP contribution in [0.3, 0.4) is 0 Å². The van der Waals surface area contributed by atoms with Gasteiger partial charge in [-0.1, -0.05) is 0 Å². The second kappa shape index (κ2) is 8.78. The summed E-state index contributed by atoms with van der Waals surface area (Å²) in [5, 5.41) is 3.01. The van der Waals surface area contributed by atoms with Crippen LogP contribution in [0.4, 0.5) is 5.82 Å². The molecule has 2 aliphatic rings. The molecule has 8 nitrogen and oxygen atoms in total. The number of likely N-dealkylation sites (N-methyl/N-ethyl adjacent to an activating group) is 1.